The molecule has 1 saturated heterocycles. The molecule has 0 aliphatic carbocycles. The third kappa shape index (κ3) is 3.77. The Morgan fingerprint density at radius 3 is 2.74 bits per heavy atom. The van der Waals surface area contributed by atoms with Crippen LogP contribution in [0.5, 0.6) is 5.88 Å². The summed E-state index contributed by atoms with van der Waals surface area (Å²) >= 11 is 0. The number of amides is 1. The largest absolute Gasteiger partial charge is 0.477 e. The first-order valence-electron chi connectivity index (χ1n) is 9.73. The van der Waals surface area contributed by atoms with Gasteiger partial charge in [0.25, 0.3) is 0 Å². The van der Waals surface area contributed by atoms with Crippen molar-refractivity contribution in [3.63, 3.8) is 0 Å². The fourth-order valence-electron chi connectivity index (χ4n) is 3.90. The number of aryl methyl sites for hydroxylation is 2. The van der Waals surface area contributed by atoms with Gasteiger partial charge < -0.3 is 24.8 Å². The van der Waals surface area contributed by atoms with Gasteiger partial charge in [0.15, 0.2) is 5.69 Å². The summed E-state index contributed by atoms with van der Waals surface area (Å²) in [5, 5.41) is 18.1. The van der Waals surface area contributed by atoms with Gasteiger partial charge in [-0.15, -0.1) is 5.10 Å². The van der Waals surface area contributed by atoms with Gasteiger partial charge in [0.1, 0.15) is 24.2 Å². The van der Waals surface area contributed by atoms with Crippen LogP contribution in [0.25, 0.3) is 11.3 Å². The molecule has 0 radical (unpaired) electrons. The molecule has 10 nitrogen and oxygen atoms in total. The van der Waals surface area contributed by atoms with E-state index in [1.54, 1.807) is 6.92 Å². The van der Waals surface area contributed by atoms with Crippen LogP contribution in [0.4, 0.5) is 0 Å². The highest BCUT2D eigenvalue weighted by molar-refractivity contribution is 5.89. The second-order valence-electron chi connectivity index (χ2n) is 7.31. The zero-order valence-electron chi connectivity index (χ0n) is 17.1. The lowest BCUT2D eigenvalue weighted by molar-refractivity contribution is -0.127. The lowest BCUT2D eigenvalue weighted by atomic mass is 9.91. The summed E-state index contributed by atoms with van der Waals surface area (Å²) in [5.41, 5.74) is 7.91. The normalized spacial score (nSPS) is 18.3. The smallest absolute Gasteiger partial charge is 0.354 e. The fraction of sp³-hybridized carbons (Fsp3) is 0.333. The number of carbonyl (C=O) groups excluding carboxylic acids is 1. The van der Waals surface area contributed by atoms with Crippen LogP contribution in [0.3, 0.4) is 0 Å². The van der Waals surface area contributed by atoms with Crippen molar-refractivity contribution in [2.75, 3.05) is 6.61 Å². The summed E-state index contributed by atoms with van der Waals surface area (Å²) in [5.74, 6) is -1.71. The third-order valence-electron chi connectivity index (χ3n) is 5.38. The van der Waals surface area contributed by atoms with Crippen LogP contribution in [0.15, 0.2) is 34.9 Å². The number of hydrogen-bond donors (Lipinski definition) is 2. The minimum Gasteiger partial charge on any atom is -0.477 e. The molecule has 1 aliphatic rings. The molecule has 3 N–H and O–H groups in total. The van der Waals surface area contributed by atoms with Crippen molar-refractivity contribution >= 4 is 11.9 Å². The molecule has 10 heteroatoms. The molecule has 0 spiro atoms. The highest BCUT2D eigenvalue weighted by Crippen LogP contribution is 2.39. The van der Waals surface area contributed by atoms with Gasteiger partial charge >= 0.3 is 5.97 Å². The van der Waals surface area contributed by atoms with E-state index in [1.807, 2.05) is 30.3 Å². The Balaban J connectivity index is 1.69. The molecule has 31 heavy (non-hydrogen) atoms. The van der Waals surface area contributed by atoms with E-state index in [0.29, 0.717) is 29.0 Å². The maximum absolute atomic E-state index is 11.9. The number of rotatable bonds is 7. The van der Waals surface area contributed by atoms with Crippen LogP contribution in [-0.2, 0) is 23.2 Å². The van der Waals surface area contributed by atoms with Crippen LogP contribution in [0.1, 0.15) is 39.7 Å². The number of hydrogen-bond acceptors (Lipinski definition) is 7. The monoisotopic (exact) mass is 426 g/mol. The summed E-state index contributed by atoms with van der Waals surface area (Å²) in [6, 6.07) is 9.50. The topological polar surface area (TPSA) is 143 Å². The standard InChI is InChI=1S/C21H22N4O6/c1-11-14(16(24-31-11)12-6-4-3-5-7-12)10-30-20-15(17(21(27)28)25(2)23-20)13-8-9-29-18(13)19(22)26/h3-7,13,18H,8-10H2,1-2H3,(H2,22,26)(H,27,28). The highest BCUT2D eigenvalue weighted by atomic mass is 16.5. The summed E-state index contributed by atoms with van der Waals surface area (Å²) in [6.45, 7) is 2.11. The Kier molecular flexibility index (Phi) is 5.47. The summed E-state index contributed by atoms with van der Waals surface area (Å²) in [7, 11) is 1.51. The molecule has 2 unspecified atom stereocenters. The number of carboxylic acids is 1. The second kappa shape index (κ2) is 8.23. The lowest BCUT2D eigenvalue weighted by Crippen LogP contribution is -2.32. The molecule has 2 atom stereocenters. The van der Waals surface area contributed by atoms with Crippen LogP contribution < -0.4 is 10.5 Å². The number of primary amides is 1. The van der Waals surface area contributed by atoms with Crippen molar-refractivity contribution in [1.82, 2.24) is 14.9 Å². The molecular weight excluding hydrogens is 404 g/mol. The van der Waals surface area contributed by atoms with Gasteiger partial charge in [0.2, 0.25) is 11.8 Å². The van der Waals surface area contributed by atoms with E-state index in [0.717, 1.165) is 5.56 Å². The van der Waals surface area contributed by atoms with Gasteiger partial charge in [-0.1, -0.05) is 35.5 Å². The van der Waals surface area contributed by atoms with Crippen molar-refractivity contribution in [3.8, 4) is 17.1 Å². The van der Waals surface area contributed by atoms with Gasteiger partial charge in [-0.05, 0) is 13.3 Å². The first-order valence-corrected chi connectivity index (χ1v) is 9.73. The number of aromatic carboxylic acids is 1. The summed E-state index contributed by atoms with van der Waals surface area (Å²) in [6.07, 6.45) is -0.515. The van der Waals surface area contributed by atoms with Crippen LogP contribution in [0, 0.1) is 6.92 Å². The van der Waals surface area contributed by atoms with E-state index in [-0.39, 0.29) is 24.8 Å². The van der Waals surface area contributed by atoms with E-state index < -0.39 is 23.9 Å². The molecule has 0 bridgehead atoms. The number of carbonyl (C=O) groups is 2. The van der Waals surface area contributed by atoms with Crippen LogP contribution in [0.2, 0.25) is 0 Å². The molecule has 162 valence electrons. The first kappa shape index (κ1) is 20.6. The van der Waals surface area contributed by atoms with Gasteiger partial charge in [-0.25, -0.2) is 4.79 Å². The zero-order chi connectivity index (χ0) is 22.1. The first-order chi connectivity index (χ1) is 14.9. The van der Waals surface area contributed by atoms with Gasteiger partial charge in [0, 0.05) is 25.1 Å². The third-order valence-corrected chi connectivity index (χ3v) is 5.38. The Morgan fingerprint density at radius 1 is 1.32 bits per heavy atom. The molecule has 3 aromatic rings. The Bertz CT molecular complexity index is 1120. The average Bonchev–Trinajstić information content (AvgIpc) is 3.43. The quantitative estimate of drug-likeness (QED) is 0.584. The Morgan fingerprint density at radius 2 is 2.06 bits per heavy atom. The van der Waals surface area contributed by atoms with E-state index in [2.05, 4.69) is 10.3 Å². The van der Waals surface area contributed by atoms with Crippen molar-refractivity contribution in [2.45, 2.75) is 32.0 Å². The van der Waals surface area contributed by atoms with Crippen molar-refractivity contribution in [1.29, 1.82) is 0 Å². The minimum absolute atomic E-state index is 0.0530. The Labute approximate surface area is 177 Å². The summed E-state index contributed by atoms with van der Waals surface area (Å²) in [4.78, 5) is 23.8. The number of benzene rings is 1. The maximum Gasteiger partial charge on any atom is 0.354 e. The van der Waals surface area contributed by atoms with E-state index in [9.17, 15) is 14.7 Å². The molecular formula is C21H22N4O6. The van der Waals surface area contributed by atoms with Crippen LogP contribution in [-0.4, -0.2) is 44.6 Å². The molecule has 0 saturated carbocycles. The average molecular weight is 426 g/mol. The summed E-state index contributed by atoms with van der Waals surface area (Å²) < 4.78 is 18.0. The van der Waals surface area contributed by atoms with Gasteiger partial charge in [0.05, 0.1) is 11.1 Å². The molecule has 1 amide bonds. The number of ether oxygens (including phenoxy) is 2. The number of carboxylic acid groups (broad SMARTS) is 1. The predicted octanol–water partition coefficient (Wildman–Crippen LogP) is 2.02. The second-order valence-corrected chi connectivity index (χ2v) is 7.31. The fourth-order valence-corrected chi connectivity index (χ4v) is 3.90. The molecule has 2 aromatic heterocycles. The molecule has 1 fully saturated rings. The molecule has 1 aromatic carbocycles. The number of nitrogens with zero attached hydrogens (tertiary/aromatic N) is 3. The highest BCUT2D eigenvalue weighted by Gasteiger charge is 2.40. The maximum atomic E-state index is 11.9. The van der Waals surface area contributed by atoms with Crippen LogP contribution >= 0.6 is 0 Å². The van der Waals surface area contributed by atoms with Crippen molar-refractivity contribution < 1.29 is 28.7 Å². The van der Waals surface area contributed by atoms with E-state index in [1.165, 1.54) is 11.7 Å². The van der Waals surface area contributed by atoms with Gasteiger partial charge in [-0.2, -0.15) is 0 Å². The molecule has 3 heterocycles. The number of nitrogens with two attached hydrogens (primary N) is 1. The SMILES string of the molecule is Cc1onc(-c2ccccc2)c1COc1nn(C)c(C(=O)O)c1C1CCOC1C(N)=O. The van der Waals surface area contributed by atoms with Crippen molar-refractivity contribution in [2.24, 2.45) is 12.8 Å². The van der Waals surface area contributed by atoms with Crippen molar-refractivity contribution in [3.05, 3.63) is 52.9 Å². The molecule has 4 rings (SSSR count). The zero-order valence-corrected chi connectivity index (χ0v) is 17.1. The minimum atomic E-state index is -1.18. The number of aromatic nitrogens is 3. The Hall–Kier alpha value is -3.66. The lowest BCUT2D eigenvalue weighted by Gasteiger charge is -2.16. The molecule has 1 aliphatic heterocycles. The van der Waals surface area contributed by atoms with E-state index in [4.69, 9.17) is 19.7 Å². The van der Waals surface area contributed by atoms with E-state index >= 15 is 0 Å². The van der Waals surface area contributed by atoms with Gasteiger partial charge in [-0.3, -0.25) is 9.48 Å². The predicted molar refractivity (Wildman–Crippen MR) is 107 cm³/mol.